The summed E-state index contributed by atoms with van der Waals surface area (Å²) in [7, 11) is 0. The van der Waals surface area contributed by atoms with Gasteiger partial charge in [-0.15, -0.1) is 0 Å². The Morgan fingerprint density at radius 1 is 0.964 bits per heavy atom. The maximum atomic E-state index is 12.4. The van der Waals surface area contributed by atoms with Gasteiger partial charge in [-0.3, -0.25) is 9.59 Å². The molecule has 2 aromatic rings. The van der Waals surface area contributed by atoms with Crippen molar-refractivity contribution in [2.75, 3.05) is 36.4 Å². The van der Waals surface area contributed by atoms with Crippen LogP contribution in [0.25, 0.3) is 0 Å². The molecule has 0 unspecified atom stereocenters. The molecule has 1 N–H and O–H groups in total. The molecule has 0 saturated carbocycles. The SMILES string of the molecule is CC(C)(C)C(=O)N1CCN(c2ccc(NC(=O)c3cccc(Cl)c3)cc2)CC1. The predicted molar refractivity (Wildman–Crippen MR) is 114 cm³/mol. The second-order valence-corrected chi connectivity index (χ2v) is 8.48. The number of hydrogen-bond donors (Lipinski definition) is 1. The zero-order valence-electron chi connectivity index (χ0n) is 16.5. The topological polar surface area (TPSA) is 52.7 Å². The molecule has 3 rings (SSSR count). The molecule has 0 radical (unpaired) electrons. The van der Waals surface area contributed by atoms with Gasteiger partial charge >= 0.3 is 0 Å². The zero-order chi connectivity index (χ0) is 20.3. The molecule has 6 heteroatoms. The van der Waals surface area contributed by atoms with E-state index in [9.17, 15) is 9.59 Å². The van der Waals surface area contributed by atoms with Crippen LogP contribution in [-0.4, -0.2) is 42.9 Å². The second-order valence-electron chi connectivity index (χ2n) is 8.04. The summed E-state index contributed by atoms with van der Waals surface area (Å²) in [5.74, 6) is 0.00998. The minimum Gasteiger partial charge on any atom is -0.368 e. The molecule has 0 atom stereocenters. The maximum absolute atomic E-state index is 12.4. The Labute approximate surface area is 171 Å². The van der Waals surface area contributed by atoms with E-state index in [1.165, 1.54) is 0 Å². The van der Waals surface area contributed by atoms with Crippen LogP contribution in [0.2, 0.25) is 5.02 Å². The van der Waals surface area contributed by atoms with Gasteiger partial charge in [0.05, 0.1) is 0 Å². The van der Waals surface area contributed by atoms with Crippen molar-refractivity contribution in [2.24, 2.45) is 5.41 Å². The van der Waals surface area contributed by atoms with Gasteiger partial charge in [-0.1, -0.05) is 38.4 Å². The van der Waals surface area contributed by atoms with Crippen molar-refractivity contribution >= 4 is 34.8 Å². The molecule has 1 aliphatic rings. The van der Waals surface area contributed by atoms with Gasteiger partial charge in [0.2, 0.25) is 5.91 Å². The van der Waals surface area contributed by atoms with E-state index in [0.29, 0.717) is 10.6 Å². The molecule has 1 fully saturated rings. The number of nitrogens with zero attached hydrogens (tertiary/aromatic N) is 2. The lowest BCUT2D eigenvalue weighted by Crippen LogP contribution is -2.51. The van der Waals surface area contributed by atoms with Gasteiger partial charge in [-0.2, -0.15) is 0 Å². The van der Waals surface area contributed by atoms with Crippen molar-refractivity contribution in [3.05, 3.63) is 59.1 Å². The Hall–Kier alpha value is -2.53. The minimum absolute atomic E-state index is 0.190. The van der Waals surface area contributed by atoms with Crippen molar-refractivity contribution in [1.82, 2.24) is 4.90 Å². The zero-order valence-corrected chi connectivity index (χ0v) is 17.3. The van der Waals surface area contributed by atoms with Gasteiger partial charge in [0.15, 0.2) is 0 Å². The summed E-state index contributed by atoms with van der Waals surface area (Å²) in [5, 5.41) is 3.42. The molecule has 2 amide bonds. The number of nitrogens with one attached hydrogen (secondary N) is 1. The number of amides is 2. The molecule has 5 nitrogen and oxygen atoms in total. The number of piperazine rings is 1. The molecule has 0 bridgehead atoms. The van der Waals surface area contributed by atoms with Crippen molar-refractivity contribution in [3.63, 3.8) is 0 Å². The summed E-state index contributed by atoms with van der Waals surface area (Å²) in [6.07, 6.45) is 0. The second kappa shape index (κ2) is 8.23. The van der Waals surface area contributed by atoms with Gasteiger partial charge < -0.3 is 15.1 Å². The van der Waals surface area contributed by atoms with Crippen LogP contribution < -0.4 is 10.2 Å². The Bertz CT molecular complexity index is 851. The van der Waals surface area contributed by atoms with E-state index >= 15 is 0 Å². The van der Waals surface area contributed by atoms with E-state index < -0.39 is 0 Å². The van der Waals surface area contributed by atoms with Crippen molar-refractivity contribution in [3.8, 4) is 0 Å². The fourth-order valence-corrected chi connectivity index (χ4v) is 3.42. The van der Waals surface area contributed by atoms with E-state index in [1.807, 2.05) is 49.9 Å². The van der Waals surface area contributed by atoms with Gasteiger partial charge in [0, 0.05) is 53.6 Å². The molecular weight excluding hydrogens is 374 g/mol. The number of hydrogen-bond acceptors (Lipinski definition) is 3. The molecule has 1 aliphatic heterocycles. The highest BCUT2D eigenvalue weighted by Gasteiger charge is 2.29. The van der Waals surface area contributed by atoms with E-state index in [2.05, 4.69) is 10.2 Å². The highest BCUT2D eigenvalue weighted by atomic mass is 35.5. The Kier molecular flexibility index (Phi) is 5.94. The smallest absolute Gasteiger partial charge is 0.255 e. The first kappa shape index (κ1) is 20.2. The van der Waals surface area contributed by atoms with Crippen LogP contribution in [0, 0.1) is 5.41 Å². The molecule has 1 heterocycles. The first-order valence-electron chi connectivity index (χ1n) is 9.45. The van der Waals surface area contributed by atoms with Crippen molar-refractivity contribution < 1.29 is 9.59 Å². The number of carbonyl (C=O) groups excluding carboxylic acids is 2. The van der Waals surface area contributed by atoms with Crippen LogP contribution >= 0.6 is 11.6 Å². The number of carbonyl (C=O) groups is 2. The molecule has 148 valence electrons. The Morgan fingerprint density at radius 3 is 2.18 bits per heavy atom. The van der Waals surface area contributed by atoms with Crippen molar-refractivity contribution in [1.29, 1.82) is 0 Å². The van der Waals surface area contributed by atoms with Crippen LogP contribution in [0.5, 0.6) is 0 Å². The van der Waals surface area contributed by atoms with Crippen LogP contribution in [0.1, 0.15) is 31.1 Å². The Balaban J connectivity index is 1.58. The molecule has 0 spiro atoms. The maximum Gasteiger partial charge on any atom is 0.255 e. The van der Waals surface area contributed by atoms with Gasteiger partial charge in [-0.05, 0) is 42.5 Å². The third-order valence-electron chi connectivity index (χ3n) is 4.79. The average Bonchev–Trinajstić information content (AvgIpc) is 2.67. The van der Waals surface area contributed by atoms with Crippen LogP contribution in [0.4, 0.5) is 11.4 Å². The monoisotopic (exact) mass is 399 g/mol. The lowest BCUT2D eigenvalue weighted by molar-refractivity contribution is -0.139. The highest BCUT2D eigenvalue weighted by molar-refractivity contribution is 6.31. The summed E-state index contributed by atoms with van der Waals surface area (Å²) in [5.41, 5.74) is 2.00. The van der Waals surface area contributed by atoms with E-state index in [-0.39, 0.29) is 17.2 Å². The summed E-state index contributed by atoms with van der Waals surface area (Å²) in [6, 6.07) is 14.6. The normalized spacial score (nSPS) is 14.7. The summed E-state index contributed by atoms with van der Waals surface area (Å²) < 4.78 is 0. The van der Waals surface area contributed by atoms with Crippen LogP contribution in [0.3, 0.4) is 0 Å². The van der Waals surface area contributed by atoms with Crippen molar-refractivity contribution in [2.45, 2.75) is 20.8 Å². The quantitative estimate of drug-likeness (QED) is 0.837. The van der Waals surface area contributed by atoms with E-state index in [1.54, 1.807) is 24.3 Å². The van der Waals surface area contributed by atoms with Gasteiger partial charge in [0.25, 0.3) is 5.91 Å². The number of benzene rings is 2. The highest BCUT2D eigenvalue weighted by Crippen LogP contribution is 2.23. The van der Waals surface area contributed by atoms with E-state index in [4.69, 9.17) is 11.6 Å². The van der Waals surface area contributed by atoms with E-state index in [0.717, 1.165) is 37.6 Å². The summed E-state index contributed by atoms with van der Waals surface area (Å²) >= 11 is 5.94. The molecule has 2 aromatic carbocycles. The minimum atomic E-state index is -0.342. The first-order valence-corrected chi connectivity index (χ1v) is 9.83. The Morgan fingerprint density at radius 2 is 1.61 bits per heavy atom. The summed E-state index contributed by atoms with van der Waals surface area (Å²) in [6.45, 7) is 8.92. The first-order chi connectivity index (χ1) is 13.2. The lowest BCUT2D eigenvalue weighted by atomic mass is 9.94. The third-order valence-corrected chi connectivity index (χ3v) is 5.02. The fourth-order valence-electron chi connectivity index (χ4n) is 3.23. The molecule has 28 heavy (non-hydrogen) atoms. The van der Waals surface area contributed by atoms with Crippen LogP contribution in [0.15, 0.2) is 48.5 Å². The molecule has 1 saturated heterocycles. The molecule has 0 aliphatic carbocycles. The standard InChI is InChI=1S/C22H26ClN3O2/c1-22(2,3)21(28)26-13-11-25(12-14-26)19-9-7-18(8-10-19)24-20(27)16-5-4-6-17(23)15-16/h4-10,15H,11-14H2,1-3H3,(H,24,27). The van der Waals surface area contributed by atoms with Gasteiger partial charge in [-0.25, -0.2) is 0 Å². The fraction of sp³-hybridized carbons (Fsp3) is 0.364. The lowest BCUT2D eigenvalue weighted by Gasteiger charge is -2.38. The van der Waals surface area contributed by atoms with Crippen LogP contribution in [-0.2, 0) is 4.79 Å². The van der Waals surface area contributed by atoms with Gasteiger partial charge in [0.1, 0.15) is 0 Å². The molecular formula is C22H26ClN3O2. The number of rotatable bonds is 3. The number of halogens is 1. The predicted octanol–water partition coefficient (Wildman–Crippen LogP) is 4.29. The largest absolute Gasteiger partial charge is 0.368 e. The molecule has 0 aromatic heterocycles. The summed E-state index contributed by atoms with van der Waals surface area (Å²) in [4.78, 5) is 28.9. The third kappa shape index (κ3) is 4.84. The number of anilines is 2. The average molecular weight is 400 g/mol.